The quantitative estimate of drug-likeness (QED) is 0.504. The van der Waals surface area contributed by atoms with Gasteiger partial charge in [-0.3, -0.25) is 0 Å². The Morgan fingerprint density at radius 2 is 2.12 bits per heavy atom. The third-order valence-electron chi connectivity index (χ3n) is 0.777. The van der Waals surface area contributed by atoms with Gasteiger partial charge in [0.2, 0.25) is 0 Å². The van der Waals surface area contributed by atoms with Crippen molar-refractivity contribution in [2.75, 3.05) is 20.3 Å². The van der Waals surface area contributed by atoms with Gasteiger partial charge >= 0.3 is 0 Å². The molecule has 0 saturated carbocycles. The molecule has 1 radical (unpaired) electrons. The maximum absolute atomic E-state index is 4.93. The van der Waals surface area contributed by atoms with Crippen molar-refractivity contribution in [3.05, 3.63) is 6.61 Å². The molecule has 0 bridgehead atoms. The molecule has 0 rings (SSSR count). The van der Waals surface area contributed by atoms with E-state index in [1.165, 1.54) is 0 Å². The van der Waals surface area contributed by atoms with Crippen molar-refractivity contribution in [2.24, 2.45) is 0 Å². The summed E-state index contributed by atoms with van der Waals surface area (Å²) in [7, 11) is 1.69. The van der Waals surface area contributed by atoms with Crippen molar-refractivity contribution in [3.63, 3.8) is 0 Å². The van der Waals surface area contributed by atoms with Crippen molar-refractivity contribution in [2.45, 2.75) is 13.3 Å². The smallest absolute Gasteiger partial charge is 0.0805 e. The summed E-state index contributed by atoms with van der Waals surface area (Å²) in [6, 6.07) is 0. The second-order valence-corrected chi connectivity index (χ2v) is 1.45. The molecule has 49 valence electrons. The van der Waals surface area contributed by atoms with Crippen LogP contribution in [0.15, 0.2) is 0 Å². The fraction of sp³-hybridized carbons (Fsp3) is 0.833. The summed E-state index contributed by atoms with van der Waals surface area (Å²) in [5.41, 5.74) is 0. The average molecular weight is 117 g/mol. The highest BCUT2D eigenvalue weighted by Crippen LogP contribution is 1.84. The van der Waals surface area contributed by atoms with Gasteiger partial charge in [0, 0.05) is 20.3 Å². The summed E-state index contributed by atoms with van der Waals surface area (Å²) in [5, 5.41) is 0. The van der Waals surface area contributed by atoms with E-state index in [0.29, 0.717) is 0 Å². The molecular weight excluding hydrogens is 104 g/mol. The minimum atomic E-state index is 0.768. The van der Waals surface area contributed by atoms with Crippen LogP contribution in [0, 0.1) is 6.61 Å². The van der Waals surface area contributed by atoms with E-state index in [1.807, 2.05) is 6.92 Å². The maximum atomic E-state index is 4.93. The van der Waals surface area contributed by atoms with Gasteiger partial charge in [0.15, 0.2) is 0 Å². The van der Waals surface area contributed by atoms with E-state index in [0.717, 1.165) is 19.6 Å². The number of rotatable bonds is 5. The number of hydrogen-bond donors (Lipinski definition) is 0. The van der Waals surface area contributed by atoms with Crippen molar-refractivity contribution in [3.8, 4) is 0 Å². The van der Waals surface area contributed by atoms with E-state index >= 15 is 0 Å². The second-order valence-electron chi connectivity index (χ2n) is 1.45. The predicted molar refractivity (Wildman–Crippen MR) is 32.4 cm³/mol. The molecule has 0 aromatic rings. The molecule has 0 amide bonds. The number of hydrogen-bond acceptors (Lipinski definition) is 2. The summed E-state index contributed by atoms with van der Waals surface area (Å²) < 4.78 is 9.73. The van der Waals surface area contributed by atoms with Crippen LogP contribution >= 0.6 is 0 Å². The van der Waals surface area contributed by atoms with E-state index in [1.54, 1.807) is 13.7 Å². The molecule has 0 aliphatic heterocycles. The SMILES string of the molecule is C[CH]OCCCOC. The Morgan fingerprint density at radius 1 is 1.38 bits per heavy atom. The van der Waals surface area contributed by atoms with Gasteiger partial charge < -0.3 is 9.47 Å². The lowest BCUT2D eigenvalue weighted by molar-refractivity contribution is 0.141. The van der Waals surface area contributed by atoms with Crippen LogP contribution in [0.4, 0.5) is 0 Å². The Morgan fingerprint density at radius 3 is 2.62 bits per heavy atom. The Hall–Kier alpha value is -0.0800. The van der Waals surface area contributed by atoms with Gasteiger partial charge in [0.25, 0.3) is 0 Å². The van der Waals surface area contributed by atoms with Crippen molar-refractivity contribution >= 4 is 0 Å². The van der Waals surface area contributed by atoms with Gasteiger partial charge in [-0.15, -0.1) is 0 Å². The second kappa shape index (κ2) is 6.92. The lowest BCUT2D eigenvalue weighted by Gasteiger charge is -1.97. The first-order valence-corrected chi connectivity index (χ1v) is 2.80. The van der Waals surface area contributed by atoms with Crippen molar-refractivity contribution in [1.29, 1.82) is 0 Å². The number of methoxy groups -OCH3 is 1. The van der Waals surface area contributed by atoms with Gasteiger partial charge in [0.05, 0.1) is 6.61 Å². The van der Waals surface area contributed by atoms with E-state index in [9.17, 15) is 0 Å². The highest BCUT2D eigenvalue weighted by Gasteiger charge is 1.82. The lowest BCUT2D eigenvalue weighted by Crippen LogP contribution is -1.95. The molecule has 0 spiro atoms. The largest absolute Gasteiger partial charge is 0.385 e. The van der Waals surface area contributed by atoms with Gasteiger partial charge in [-0.25, -0.2) is 0 Å². The first-order valence-electron chi connectivity index (χ1n) is 2.80. The molecule has 8 heavy (non-hydrogen) atoms. The van der Waals surface area contributed by atoms with Gasteiger partial charge in [-0.2, -0.15) is 0 Å². The molecule has 2 nitrogen and oxygen atoms in total. The molecule has 0 fully saturated rings. The molecule has 0 heterocycles. The molecule has 0 aliphatic rings. The van der Waals surface area contributed by atoms with Crippen molar-refractivity contribution < 1.29 is 9.47 Å². The fourth-order valence-corrected chi connectivity index (χ4v) is 0.404. The Kier molecular flexibility index (Phi) is 6.85. The molecule has 0 aromatic carbocycles. The van der Waals surface area contributed by atoms with Gasteiger partial charge in [-0.1, -0.05) is 0 Å². The van der Waals surface area contributed by atoms with Crippen LogP contribution < -0.4 is 0 Å². The minimum Gasteiger partial charge on any atom is -0.385 e. The first-order chi connectivity index (χ1) is 3.91. The van der Waals surface area contributed by atoms with E-state index in [-0.39, 0.29) is 0 Å². The monoisotopic (exact) mass is 117 g/mol. The van der Waals surface area contributed by atoms with E-state index in [4.69, 9.17) is 9.47 Å². The summed E-state index contributed by atoms with van der Waals surface area (Å²) >= 11 is 0. The zero-order valence-electron chi connectivity index (χ0n) is 5.52. The summed E-state index contributed by atoms with van der Waals surface area (Å²) in [4.78, 5) is 0. The summed E-state index contributed by atoms with van der Waals surface area (Å²) in [6.07, 6.45) is 0.973. The Bertz CT molecular complexity index is 31.5. The molecule has 0 saturated heterocycles. The highest BCUT2D eigenvalue weighted by molar-refractivity contribution is 4.36. The maximum Gasteiger partial charge on any atom is 0.0805 e. The van der Waals surface area contributed by atoms with Crippen LogP contribution in [-0.4, -0.2) is 20.3 Å². The van der Waals surface area contributed by atoms with Crippen LogP contribution in [0.1, 0.15) is 13.3 Å². The van der Waals surface area contributed by atoms with Crippen molar-refractivity contribution in [1.82, 2.24) is 0 Å². The average Bonchev–Trinajstić information content (AvgIpc) is 1.81. The van der Waals surface area contributed by atoms with Crippen LogP contribution in [0.5, 0.6) is 0 Å². The molecule has 0 unspecified atom stereocenters. The third-order valence-corrected chi connectivity index (χ3v) is 0.777. The molecule has 0 aliphatic carbocycles. The van der Waals surface area contributed by atoms with Crippen LogP contribution in [-0.2, 0) is 9.47 Å². The first kappa shape index (κ1) is 7.92. The Labute approximate surface area is 50.8 Å². The normalized spacial score (nSPS) is 9.75. The van der Waals surface area contributed by atoms with Crippen LogP contribution in [0.25, 0.3) is 0 Å². The van der Waals surface area contributed by atoms with Crippen LogP contribution in [0.2, 0.25) is 0 Å². The predicted octanol–water partition coefficient (Wildman–Crippen LogP) is 1.22. The summed E-state index contributed by atoms with van der Waals surface area (Å²) in [5.74, 6) is 0. The zero-order valence-corrected chi connectivity index (χ0v) is 5.52. The molecule has 0 atom stereocenters. The standard InChI is InChI=1S/C6H13O2/c1-3-8-6-4-5-7-2/h3H,4-6H2,1-2H3. The lowest BCUT2D eigenvalue weighted by atomic mass is 10.5. The molecule has 0 N–H and O–H groups in total. The minimum absolute atomic E-state index is 0.768. The van der Waals surface area contributed by atoms with E-state index < -0.39 is 0 Å². The van der Waals surface area contributed by atoms with Gasteiger partial charge in [-0.05, 0) is 13.3 Å². The van der Waals surface area contributed by atoms with Gasteiger partial charge in [0.1, 0.15) is 0 Å². The molecule has 0 aromatic heterocycles. The van der Waals surface area contributed by atoms with Crippen LogP contribution in [0.3, 0.4) is 0 Å². The topological polar surface area (TPSA) is 18.5 Å². The Balaban J connectivity index is 2.53. The molecular formula is C6H13O2. The zero-order chi connectivity index (χ0) is 6.24. The fourth-order valence-electron chi connectivity index (χ4n) is 0.404. The number of ether oxygens (including phenoxy) is 2. The molecule has 2 heteroatoms. The summed E-state index contributed by atoms with van der Waals surface area (Å²) in [6.45, 7) is 5.11. The third kappa shape index (κ3) is 5.92. The van der Waals surface area contributed by atoms with E-state index in [2.05, 4.69) is 0 Å². The highest BCUT2D eigenvalue weighted by atomic mass is 16.5.